The van der Waals surface area contributed by atoms with Crippen LogP contribution >= 0.6 is 23.7 Å². The van der Waals surface area contributed by atoms with Gasteiger partial charge < -0.3 is 15.5 Å². The first kappa shape index (κ1) is 17.5. The van der Waals surface area contributed by atoms with Gasteiger partial charge in [0.1, 0.15) is 22.0 Å². The van der Waals surface area contributed by atoms with E-state index in [1.807, 2.05) is 38.1 Å². The number of fused-ring (bicyclic) bond motifs is 1. The Morgan fingerprint density at radius 1 is 1.43 bits per heavy atom. The lowest BCUT2D eigenvalue weighted by Gasteiger charge is -2.11. The average Bonchev–Trinajstić information content (AvgIpc) is 3.12. The summed E-state index contributed by atoms with van der Waals surface area (Å²) < 4.78 is 5.87. The monoisotopic (exact) mass is 351 g/mol. The molecule has 0 aliphatic carbocycles. The van der Waals surface area contributed by atoms with Crippen molar-refractivity contribution in [2.75, 3.05) is 0 Å². The van der Waals surface area contributed by atoms with E-state index in [-0.39, 0.29) is 24.4 Å². The third-order valence-electron chi connectivity index (χ3n) is 3.58. The normalized spacial score (nSPS) is 12.0. The van der Waals surface area contributed by atoms with Crippen LogP contribution in [0.4, 0.5) is 0 Å². The number of thiazole rings is 1. The van der Waals surface area contributed by atoms with Crippen LogP contribution in [0, 0.1) is 6.92 Å². The van der Waals surface area contributed by atoms with Crippen molar-refractivity contribution in [3.63, 3.8) is 0 Å². The number of hydrogen-bond acceptors (Lipinski definition) is 5. The van der Waals surface area contributed by atoms with Crippen molar-refractivity contribution >= 4 is 40.6 Å². The maximum Gasteiger partial charge on any atom is 0.271 e. The van der Waals surface area contributed by atoms with Crippen LogP contribution in [0.15, 0.2) is 34.1 Å². The highest BCUT2D eigenvalue weighted by Crippen LogP contribution is 2.29. The van der Waals surface area contributed by atoms with Crippen LogP contribution in [0.25, 0.3) is 11.0 Å². The number of aromatic nitrogens is 1. The van der Waals surface area contributed by atoms with Crippen molar-refractivity contribution < 1.29 is 9.21 Å². The molecule has 0 bridgehead atoms. The predicted octanol–water partition coefficient (Wildman–Crippen LogP) is 3.57. The van der Waals surface area contributed by atoms with E-state index in [0.717, 1.165) is 27.3 Å². The fraction of sp³-hybridized carbons (Fsp3) is 0.250. The molecule has 3 aromatic rings. The summed E-state index contributed by atoms with van der Waals surface area (Å²) in [5, 5.41) is 6.46. The summed E-state index contributed by atoms with van der Waals surface area (Å²) in [5.74, 6) is 0.548. The molecule has 0 saturated heterocycles. The number of carbonyl (C=O) groups excluding carboxylic acids is 1. The lowest BCUT2D eigenvalue weighted by Crippen LogP contribution is -2.27. The Bertz CT molecular complexity index is 828. The van der Waals surface area contributed by atoms with Crippen LogP contribution < -0.4 is 11.1 Å². The molecular formula is C16H18ClN3O2S. The van der Waals surface area contributed by atoms with Crippen molar-refractivity contribution in [2.24, 2.45) is 5.73 Å². The highest BCUT2D eigenvalue weighted by atomic mass is 35.5. The number of benzene rings is 1. The Morgan fingerprint density at radius 3 is 2.83 bits per heavy atom. The van der Waals surface area contributed by atoms with Crippen LogP contribution in [0.3, 0.4) is 0 Å². The van der Waals surface area contributed by atoms with Gasteiger partial charge in [0.25, 0.3) is 5.91 Å². The summed E-state index contributed by atoms with van der Waals surface area (Å²) >= 11 is 1.39. The third-order valence-corrected chi connectivity index (χ3v) is 4.45. The number of amides is 1. The number of para-hydroxylation sites is 1. The number of nitrogens with zero attached hydrogens (tertiary/aromatic N) is 1. The minimum Gasteiger partial charge on any atom is -0.459 e. The van der Waals surface area contributed by atoms with Gasteiger partial charge in [-0.1, -0.05) is 18.2 Å². The standard InChI is InChI=1S/C16H17N3O2S.ClH/c1-9-11-5-3-4-6-13(11)21-15(9)10(2)18-16(20)12-8-22-14(7-17)19-12;/h3-6,8,10H,7,17H2,1-2H3,(H,18,20);1H. The van der Waals surface area contributed by atoms with Crippen LogP contribution in [0.2, 0.25) is 0 Å². The highest BCUT2D eigenvalue weighted by Gasteiger charge is 2.20. The molecule has 1 amide bonds. The van der Waals surface area contributed by atoms with Crippen LogP contribution in [0.1, 0.15) is 39.8 Å². The van der Waals surface area contributed by atoms with Crippen molar-refractivity contribution in [2.45, 2.75) is 26.4 Å². The van der Waals surface area contributed by atoms with E-state index in [1.54, 1.807) is 5.38 Å². The summed E-state index contributed by atoms with van der Waals surface area (Å²) in [6, 6.07) is 7.61. The topological polar surface area (TPSA) is 81.2 Å². The van der Waals surface area contributed by atoms with Gasteiger partial charge in [0.2, 0.25) is 0 Å². The Labute approximate surface area is 144 Å². The molecule has 122 valence electrons. The highest BCUT2D eigenvalue weighted by molar-refractivity contribution is 7.09. The van der Waals surface area contributed by atoms with Gasteiger partial charge in [0.15, 0.2) is 0 Å². The van der Waals surface area contributed by atoms with Gasteiger partial charge in [0.05, 0.1) is 6.04 Å². The number of rotatable bonds is 4. The second kappa shape index (κ2) is 7.12. The number of furan rings is 1. The summed E-state index contributed by atoms with van der Waals surface area (Å²) in [5.41, 5.74) is 7.79. The number of carbonyl (C=O) groups is 1. The Balaban J connectivity index is 0.00000192. The molecular weight excluding hydrogens is 334 g/mol. The lowest BCUT2D eigenvalue weighted by atomic mass is 10.1. The summed E-state index contributed by atoms with van der Waals surface area (Å²) in [7, 11) is 0. The van der Waals surface area contributed by atoms with Gasteiger partial charge in [-0.25, -0.2) is 4.98 Å². The predicted molar refractivity (Wildman–Crippen MR) is 94.1 cm³/mol. The molecule has 1 aromatic carbocycles. The molecule has 3 N–H and O–H groups in total. The maximum atomic E-state index is 12.2. The molecule has 5 nitrogen and oxygen atoms in total. The largest absolute Gasteiger partial charge is 0.459 e. The van der Waals surface area contributed by atoms with Crippen LogP contribution in [0.5, 0.6) is 0 Å². The van der Waals surface area contributed by atoms with Crippen molar-refractivity contribution in [1.29, 1.82) is 0 Å². The van der Waals surface area contributed by atoms with E-state index in [2.05, 4.69) is 10.3 Å². The van der Waals surface area contributed by atoms with Crippen LogP contribution in [-0.2, 0) is 6.54 Å². The van der Waals surface area contributed by atoms with Gasteiger partial charge in [-0.2, -0.15) is 0 Å². The number of hydrogen-bond donors (Lipinski definition) is 2. The molecule has 2 aromatic heterocycles. The minimum atomic E-state index is -0.233. The summed E-state index contributed by atoms with van der Waals surface area (Å²) in [4.78, 5) is 16.4. The lowest BCUT2D eigenvalue weighted by molar-refractivity contribution is 0.0931. The zero-order chi connectivity index (χ0) is 15.7. The van der Waals surface area contributed by atoms with Gasteiger partial charge >= 0.3 is 0 Å². The molecule has 0 fully saturated rings. The van der Waals surface area contributed by atoms with Gasteiger partial charge in [-0.3, -0.25) is 4.79 Å². The van der Waals surface area contributed by atoms with Crippen molar-refractivity contribution in [3.8, 4) is 0 Å². The van der Waals surface area contributed by atoms with E-state index in [4.69, 9.17) is 10.2 Å². The van der Waals surface area contributed by atoms with Gasteiger partial charge in [-0.15, -0.1) is 23.7 Å². The molecule has 1 atom stereocenters. The van der Waals surface area contributed by atoms with E-state index in [0.29, 0.717) is 12.2 Å². The van der Waals surface area contributed by atoms with Crippen molar-refractivity contribution in [3.05, 3.63) is 51.7 Å². The van der Waals surface area contributed by atoms with Crippen LogP contribution in [-0.4, -0.2) is 10.9 Å². The molecule has 0 aliphatic rings. The zero-order valence-electron chi connectivity index (χ0n) is 12.8. The SMILES string of the molecule is Cc1c(C(C)NC(=O)c2csc(CN)n2)oc2ccccc12.Cl. The number of nitrogens with two attached hydrogens (primary N) is 1. The molecule has 7 heteroatoms. The molecule has 3 rings (SSSR count). The Morgan fingerprint density at radius 2 is 2.17 bits per heavy atom. The van der Waals surface area contributed by atoms with E-state index in [1.165, 1.54) is 11.3 Å². The van der Waals surface area contributed by atoms with Crippen molar-refractivity contribution in [1.82, 2.24) is 10.3 Å². The van der Waals surface area contributed by atoms with Gasteiger partial charge in [0, 0.05) is 22.9 Å². The number of nitrogens with one attached hydrogen (secondary N) is 1. The molecule has 0 radical (unpaired) electrons. The average molecular weight is 352 g/mol. The summed E-state index contributed by atoms with van der Waals surface area (Å²) in [6.07, 6.45) is 0. The fourth-order valence-corrected chi connectivity index (χ4v) is 3.11. The Hall–Kier alpha value is -1.89. The molecule has 0 spiro atoms. The smallest absolute Gasteiger partial charge is 0.271 e. The molecule has 0 saturated carbocycles. The molecule has 0 aliphatic heterocycles. The van der Waals surface area contributed by atoms with Gasteiger partial charge in [-0.05, 0) is 19.9 Å². The first-order valence-electron chi connectivity index (χ1n) is 7.03. The maximum absolute atomic E-state index is 12.2. The summed E-state index contributed by atoms with van der Waals surface area (Å²) in [6.45, 7) is 4.24. The number of aryl methyl sites for hydroxylation is 1. The first-order valence-corrected chi connectivity index (χ1v) is 7.91. The third kappa shape index (κ3) is 3.39. The zero-order valence-corrected chi connectivity index (χ0v) is 14.5. The molecule has 1 unspecified atom stereocenters. The molecule has 2 heterocycles. The quantitative estimate of drug-likeness (QED) is 0.752. The van der Waals surface area contributed by atoms with E-state index >= 15 is 0 Å². The number of halogens is 1. The Kier molecular flexibility index (Phi) is 5.41. The van der Waals surface area contributed by atoms with E-state index in [9.17, 15) is 4.79 Å². The second-order valence-corrected chi connectivity index (χ2v) is 6.06. The second-order valence-electron chi connectivity index (χ2n) is 5.11. The first-order chi connectivity index (χ1) is 10.6. The molecule has 23 heavy (non-hydrogen) atoms. The fourth-order valence-electron chi connectivity index (χ4n) is 2.45. The minimum absolute atomic E-state index is 0. The van der Waals surface area contributed by atoms with E-state index < -0.39 is 0 Å².